The fourth-order valence-corrected chi connectivity index (χ4v) is 9.02. The SMILES string of the molecule is c1ccc(-c2cc(-c3ccccc3)cc(-c3ccc(N(c4ccccc4)c4ccc(-c5ccc(-n6c7ccccc7c7ccccc76)cc5)c5nsnc45)cc3)c2)cc1. The maximum absolute atomic E-state index is 4.93. The summed E-state index contributed by atoms with van der Waals surface area (Å²) >= 11 is 1.26. The summed E-state index contributed by atoms with van der Waals surface area (Å²) in [6.45, 7) is 0. The smallest absolute Gasteiger partial charge is 0.129 e. The minimum atomic E-state index is 0.870. The molecular weight excluding hydrogens is 737 g/mol. The molecule has 11 rings (SSSR count). The van der Waals surface area contributed by atoms with Gasteiger partial charge in [-0.05, 0) is 118 Å². The molecule has 0 saturated heterocycles. The van der Waals surface area contributed by atoms with Crippen LogP contribution in [0.25, 0.3) is 83.0 Å². The van der Waals surface area contributed by atoms with Crippen LogP contribution >= 0.6 is 11.7 Å². The van der Waals surface area contributed by atoms with Crippen molar-refractivity contribution in [2.24, 2.45) is 0 Å². The van der Waals surface area contributed by atoms with Crippen molar-refractivity contribution in [3.63, 3.8) is 0 Å². The van der Waals surface area contributed by atoms with Crippen molar-refractivity contribution in [1.29, 1.82) is 0 Å². The van der Waals surface area contributed by atoms with Crippen molar-refractivity contribution in [3.8, 4) is 50.2 Å². The molecule has 0 amide bonds. The molecule has 0 saturated carbocycles. The first-order valence-corrected chi connectivity index (χ1v) is 20.6. The van der Waals surface area contributed by atoms with Crippen molar-refractivity contribution in [3.05, 3.63) is 218 Å². The molecule has 59 heavy (non-hydrogen) atoms. The highest BCUT2D eigenvalue weighted by molar-refractivity contribution is 7.00. The van der Waals surface area contributed by atoms with E-state index in [4.69, 9.17) is 8.75 Å². The van der Waals surface area contributed by atoms with Crippen LogP contribution in [-0.2, 0) is 0 Å². The summed E-state index contributed by atoms with van der Waals surface area (Å²) in [6, 6.07) is 78.0. The number of hydrogen-bond donors (Lipinski definition) is 0. The van der Waals surface area contributed by atoms with Gasteiger partial charge >= 0.3 is 0 Å². The van der Waals surface area contributed by atoms with E-state index in [-0.39, 0.29) is 0 Å². The zero-order chi connectivity index (χ0) is 39.1. The molecule has 0 bridgehead atoms. The van der Waals surface area contributed by atoms with E-state index in [0.717, 1.165) is 50.5 Å². The minimum absolute atomic E-state index is 0.870. The Kier molecular flexibility index (Phi) is 8.64. The molecule has 0 radical (unpaired) electrons. The Morgan fingerprint density at radius 1 is 0.356 bits per heavy atom. The van der Waals surface area contributed by atoms with Gasteiger partial charge < -0.3 is 9.47 Å². The Labute approximate surface area is 346 Å². The fourth-order valence-electron chi connectivity index (χ4n) is 8.45. The number of para-hydroxylation sites is 3. The highest BCUT2D eigenvalue weighted by Gasteiger charge is 2.21. The lowest BCUT2D eigenvalue weighted by Crippen LogP contribution is -2.10. The van der Waals surface area contributed by atoms with Crippen LogP contribution in [0.4, 0.5) is 17.1 Å². The standard InChI is InChI=1S/C54H36N4S/c1-4-14-37(15-5-1)41-34-42(38-16-6-2-7-17-38)36-43(35-41)39-24-28-45(29-25-39)57(44-18-8-3-9-19-44)52-33-32-47(53-54(52)56-59-55-53)40-26-30-46(31-27-40)58-50-22-12-10-20-48(50)49-21-11-13-23-51(49)58/h1-36H. The highest BCUT2D eigenvalue weighted by atomic mass is 32.1. The number of fused-ring (bicyclic) bond motifs is 4. The van der Waals surface area contributed by atoms with Gasteiger partial charge in [-0.1, -0.05) is 140 Å². The first-order valence-electron chi connectivity index (χ1n) is 19.8. The number of hydrogen-bond acceptors (Lipinski definition) is 4. The Hall–Kier alpha value is -7.60. The molecule has 0 aliphatic carbocycles. The molecule has 0 unspecified atom stereocenters. The van der Waals surface area contributed by atoms with Crippen LogP contribution in [0.5, 0.6) is 0 Å². The fraction of sp³-hybridized carbons (Fsp3) is 0. The molecule has 0 N–H and O–H groups in total. The molecule has 0 atom stereocenters. The van der Waals surface area contributed by atoms with E-state index in [2.05, 4.69) is 228 Å². The van der Waals surface area contributed by atoms with E-state index in [1.807, 2.05) is 0 Å². The van der Waals surface area contributed by atoms with Crippen molar-refractivity contribution in [2.45, 2.75) is 0 Å². The summed E-state index contributed by atoms with van der Waals surface area (Å²) in [5.41, 5.74) is 17.6. The van der Waals surface area contributed by atoms with Crippen LogP contribution in [0.15, 0.2) is 218 Å². The average Bonchev–Trinajstić information content (AvgIpc) is 3.95. The van der Waals surface area contributed by atoms with Crippen LogP contribution in [0.1, 0.15) is 0 Å². The van der Waals surface area contributed by atoms with Gasteiger partial charge in [0, 0.05) is 33.4 Å². The second-order valence-corrected chi connectivity index (χ2v) is 15.3. The molecule has 5 heteroatoms. The van der Waals surface area contributed by atoms with Gasteiger partial charge in [0.05, 0.1) is 28.4 Å². The first-order chi connectivity index (χ1) is 29.3. The van der Waals surface area contributed by atoms with E-state index in [9.17, 15) is 0 Å². The number of nitrogens with zero attached hydrogens (tertiary/aromatic N) is 4. The lowest BCUT2D eigenvalue weighted by molar-refractivity contribution is 1.18. The summed E-state index contributed by atoms with van der Waals surface area (Å²) in [6.07, 6.45) is 0. The largest absolute Gasteiger partial charge is 0.309 e. The lowest BCUT2D eigenvalue weighted by Gasteiger charge is -2.26. The van der Waals surface area contributed by atoms with Crippen molar-refractivity contribution >= 4 is 61.6 Å². The highest BCUT2D eigenvalue weighted by Crippen LogP contribution is 2.42. The monoisotopic (exact) mass is 772 g/mol. The third-order valence-electron chi connectivity index (χ3n) is 11.3. The molecule has 2 heterocycles. The lowest BCUT2D eigenvalue weighted by atomic mass is 9.93. The van der Waals surface area contributed by atoms with Crippen LogP contribution in [0, 0.1) is 0 Å². The molecule has 0 spiro atoms. The number of benzene rings is 9. The molecule has 0 fully saturated rings. The van der Waals surface area contributed by atoms with E-state index < -0.39 is 0 Å². The van der Waals surface area contributed by atoms with Crippen molar-refractivity contribution in [1.82, 2.24) is 13.3 Å². The minimum Gasteiger partial charge on any atom is -0.309 e. The van der Waals surface area contributed by atoms with E-state index in [1.165, 1.54) is 61.4 Å². The Morgan fingerprint density at radius 3 is 1.39 bits per heavy atom. The summed E-state index contributed by atoms with van der Waals surface area (Å²) in [5.74, 6) is 0. The van der Waals surface area contributed by atoms with Gasteiger partial charge in [-0.2, -0.15) is 8.75 Å². The predicted octanol–water partition coefficient (Wildman–Crippen LogP) is 14.9. The third kappa shape index (κ3) is 6.25. The molecule has 0 aliphatic rings. The van der Waals surface area contributed by atoms with Crippen LogP contribution < -0.4 is 4.90 Å². The van der Waals surface area contributed by atoms with Gasteiger partial charge in [-0.25, -0.2) is 0 Å². The summed E-state index contributed by atoms with van der Waals surface area (Å²) in [7, 11) is 0. The van der Waals surface area contributed by atoms with Crippen LogP contribution in [0.2, 0.25) is 0 Å². The normalized spacial score (nSPS) is 11.4. The maximum atomic E-state index is 4.93. The molecule has 9 aromatic carbocycles. The quantitative estimate of drug-likeness (QED) is 0.154. The molecule has 278 valence electrons. The Balaban J connectivity index is 0.973. The second kappa shape index (κ2) is 14.7. The number of anilines is 3. The first kappa shape index (κ1) is 34.6. The maximum Gasteiger partial charge on any atom is 0.129 e. The Bertz CT molecular complexity index is 3130. The molecular formula is C54H36N4S. The number of aromatic nitrogens is 3. The summed E-state index contributed by atoms with van der Waals surface area (Å²) < 4.78 is 12.2. The van der Waals surface area contributed by atoms with Crippen molar-refractivity contribution < 1.29 is 0 Å². The Morgan fingerprint density at radius 2 is 0.814 bits per heavy atom. The molecule has 11 aromatic rings. The molecule has 2 aromatic heterocycles. The van der Waals surface area contributed by atoms with Gasteiger partial charge in [0.2, 0.25) is 0 Å². The van der Waals surface area contributed by atoms with E-state index in [1.54, 1.807) is 0 Å². The van der Waals surface area contributed by atoms with Gasteiger partial charge in [-0.15, -0.1) is 0 Å². The van der Waals surface area contributed by atoms with Crippen LogP contribution in [0.3, 0.4) is 0 Å². The zero-order valence-electron chi connectivity index (χ0n) is 32.0. The second-order valence-electron chi connectivity index (χ2n) is 14.8. The van der Waals surface area contributed by atoms with Crippen LogP contribution in [-0.4, -0.2) is 13.3 Å². The average molecular weight is 773 g/mol. The van der Waals surface area contributed by atoms with Crippen molar-refractivity contribution in [2.75, 3.05) is 4.90 Å². The molecule has 4 nitrogen and oxygen atoms in total. The van der Waals surface area contributed by atoms with Gasteiger partial charge in [0.1, 0.15) is 11.0 Å². The number of rotatable bonds is 8. The van der Waals surface area contributed by atoms with Gasteiger partial charge in [-0.3, -0.25) is 0 Å². The summed E-state index contributed by atoms with van der Waals surface area (Å²) in [5, 5.41) is 2.51. The predicted molar refractivity (Wildman–Crippen MR) is 248 cm³/mol. The van der Waals surface area contributed by atoms with Gasteiger partial charge in [0.25, 0.3) is 0 Å². The zero-order valence-corrected chi connectivity index (χ0v) is 32.8. The summed E-state index contributed by atoms with van der Waals surface area (Å²) in [4.78, 5) is 2.29. The van der Waals surface area contributed by atoms with Gasteiger partial charge in [0.15, 0.2) is 0 Å². The topological polar surface area (TPSA) is 34.0 Å². The van der Waals surface area contributed by atoms with E-state index >= 15 is 0 Å². The molecule has 0 aliphatic heterocycles. The van der Waals surface area contributed by atoms with E-state index in [0.29, 0.717) is 0 Å². The third-order valence-corrected chi connectivity index (χ3v) is 11.8.